The van der Waals surface area contributed by atoms with Gasteiger partial charge in [0, 0.05) is 68.3 Å². The van der Waals surface area contributed by atoms with Crippen LogP contribution in [0.3, 0.4) is 0 Å². The molecular weight excluding hydrogens is 1090 g/mol. The van der Waals surface area contributed by atoms with E-state index >= 15 is 0 Å². The molecule has 90 heavy (non-hydrogen) atoms. The number of hydrogen-bond acceptors (Lipinski definition) is 4. The van der Waals surface area contributed by atoms with Gasteiger partial charge < -0.3 is 19.6 Å². The number of allylic oxidation sites excluding steroid dienone is 5. The van der Waals surface area contributed by atoms with Gasteiger partial charge in [-0.1, -0.05) is 237 Å². The molecule has 0 aromatic heterocycles. The smallest absolute Gasteiger partial charge is 0.0713 e. The third-order valence-corrected chi connectivity index (χ3v) is 17.3. The summed E-state index contributed by atoms with van der Waals surface area (Å²) < 4.78 is 0. The van der Waals surface area contributed by atoms with E-state index in [1.807, 2.05) is 6.08 Å². The third kappa shape index (κ3) is 10.9. The van der Waals surface area contributed by atoms with Gasteiger partial charge in [0.2, 0.25) is 0 Å². The molecule has 4 heteroatoms. The predicted molar refractivity (Wildman–Crippen MR) is 380 cm³/mol. The maximum atomic E-state index is 4.27. The monoisotopic (exact) mass is 1150 g/mol. The molecule has 430 valence electrons. The minimum absolute atomic E-state index is 0.614. The highest BCUT2D eigenvalue weighted by atomic mass is 15.2. The van der Waals surface area contributed by atoms with Crippen molar-refractivity contribution in [2.24, 2.45) is 0 Å². The van der Waals surface area contributed by atoms with Crippen LogP contribution in [-0.2, 0) is 5.41 Å². The van der Waals surface area contributed by atoms with Gasteiger partial charge in [-0.05, 0) is 202 Å². The Morgan fingerprint density at radius 2 is 0.544 bits per heavy atom. The molecule has 0 saturated carbocycles. The van der Waals surface area contributed by atoms with Crippen LogP contribution in [0, 0.1) is 0 Å². The van der Waals surface area contributed by atoms with Crippen LogP contribution < -0.4 is 19.6 Å². The van der Waals surface area contributed by atoms with E-state index < -0.39 is 5.41 Å². The maximum Gasteiger partial charge on any atom is 0.0713 e. The lowest BCUT2D eigenvalue weighted by Gasteiger charge is -2.35. The molecule has 0 spiro atoms. The maximum absolute atomic E-state index is 4.27. The second kappa shape index (κ2) is 25.3. The number of benzene rings is 13. The number of hydrogen-bond donors (Lipinski definition) is 0. The highest BCUT2D eigenvalue weighted by molar-refractivity contribution is 5.88. The zero-order chi connectivity index (χ0) is 60.6. The number of para-hydroxylation sites is 6. The van der Waals surface area contributed by atoms with Crippen LogP contribution >= 0.6 is 0 Å². The number of rotatable bonds is 18. The number of fused-ring (bicyclic) bond motifs is 3. The first kappa shape index (κ1) is 56.1. The molecule has 0 N–H and O–H groups in total. The van der Waals surface area contributed by atoms with Crippen molar-refractivity contribution in [2.45, 2.75) is 12.3 Å². The van der Waals surface area contributed by atoms with Crippen molar-refractivity contribution >= 4 is 68.1 Å². The molecule has 0 bridgehead atoms. The van der Waals surface area contributed by atoms with E-state index in [4.69, 9.17) is 0 Å². The summed E-state index contributed by atoms with van der Waals surface area (Å²) in [5.74, 6) is 0. The molecule has 0 aliphatic heterocycles. The van der Waals surface area contributed by atoms with Crippen LogP contribution in [0.15, 0.2) is 382 Å². The molecule has 1 aliphatic rings. The minimum atomic E-state index is -0.614. The van der Waals surface area contributed by atoms with Gasteiger partial charge in [-0.15, -0.1) is 0 Å². The molecule has 0 radical (unpaired) electrons. The lowest BCUT2D eigenvalue weighted by Crippen LogP contribution is -2.28. The van der Waals surface area contributed by atoms with Crippen molar-refractivity contribution in [3.63, 3.8) is 0 Å². The van der Waals surface area contributed by atoms with E-state index in [1.165, 1.54) is 33.4 Å². The molecule has 0 fully saturated rings. The lowest BCUT2D eigenvalue weighted by molar-refractivity contribution is 0.768. The molecular formula is C86H66N4. The average Bonchev–Trinajstić information content (AvgIpc) is 1.55. The van der Waals surface area contributed by atoms with Crippen LogP contribution in [0.1, 0.15) is 34.7 Å². The molecule has 1 aliphatic carbocycles. The van der Waals surface area contributed by atoms with E-state index in [2.05, 4.69) is 397 Å². The van der Waals surface area contributed by atoms with E-state index in [9.17, 15) is 0 Å². The van der Waals surface area contributed by atoms with Gasteiger partial charge in [-0.3, -0.25) is 0 Å². The minimum Gasteiger partial charge on any atom is -0.315 e. The zero-order valence-corrected chi connectivity index (χ0v) is 50.2. The van der Waals surface area contributed by atoms with Crippen molar-refractivity contribution in [3.8, 4) is 22.3 Å². The number of nitrogens with zero attached hydrogens (tertiary/aromatic N) is 4. The molecule has 14 rings (SSSR count). The molecule has 0 amide bonds. The standard InChI is InChI=1S/C86H66N4/c1-3-65(43-42-64(2)87(71-26-10-4-11-27-71)72-28-12-5-13-29-72)66-44-54-78(55-45-66)89(75-34-18-8-19-35-75)80-60-50-69(51-61-80)86(84-40-24-22-38-82(84)83-39-23-25-41-85(83)86)70-52-62-81(63-53-70)90(76-36-20-9-21-37-76)79-58-48-68(49-59-79)67-46-56-77(57-47-67)88(73-30-14-6-15-31-73)74-32-16-7-17-33-74/h3-63H,1H2,2H3/b64-42+,65-43+. The van der Waals surface area contributed by atoms with Crippen LogP contribution in [0.5, 0.6) is 0 Å². The van der Waals surface area contributed by atoms with Gasteiger partial charge in [0.15, 0.2) is 0 Å². The average molecular weight is 1160 g/mol. The van der Waals surface area contributed by atoms with E-state index in [0.717, 1.165) is 90.5 Å². The molecule has 13 aromatic carbocycles. The predicted octanol–water partition coefficient (Wildman–Crippen LogP) is 23.4. The fourth-order valence-corrected chi connectivity index (χ4v) is 13.1. The summed E-state index contributed by atoms with van der Waals surface area (Å²) in [6, 6.07) is 127. The summed E-state index contributed by atoms with van der Waals surface area (Å²) in [7, 11) is 0. The lowest BCUT2D eigenvalue weighted by atomic mass is 9.67. The highest BCUT2D eigenvalue weighted by Gasteiger charge is 2.46. The summed E-state index contributed by atoms with van der Waals surface area (Å²) in [4.78, 5) is 9.28. The first-order chi connectivity index (χ1) is 44.5. The van der Waals surface area contributed by atoms with E-state index in [0.29, 0.717) is 0 Å². The van der Waals surface area contributed by atoms with Crippen molar-refractivity contribution in [1.82, 2.24) is 0 Å². The second-order valence-corrected chi connectivity index (χ2v) is 22.6. The second-order valence-electron chi connectivity index (χ2n) is 22.6. The molecule has 0 atom stereocenters. The Kier molecular flexibility index (Phi) is 15.8. The van der Waals surface area contributed by atoms with Crippen LogP contribution in [-0.4, -0.2) is 0 Å². The quantitative estimate of drug-likeness (QED) is 0.0794. The molecule has 0 saturated heterocycles. The van der Waals surface area contributed by atoms with Crippen molar-refractivity contribution in [2.75, 3.05) is 19.6 Å². The Hall–Kier alpha value is -11.7. The summed E-state index contributed by atoms with van der Waals surface area (Å²) in [6.45, 7) is 6.42. The van der Waals surface area contributed by atoms with E-state index in [1.54, 1.807) is 0 Å². The Bertz CT molecular complexity index is 4480. The first-order valence-corrected chi connectivity index (χ1v) is 30.8. The summed E-state index contributed by atoms with van der Waals surface area (Å²) >= 11 is 0. The van der Waals surface area contributed by atoms with Crippen LogP contribution in [0.4, 0.5) is 62.6 Å². The molecule has 4 nitrogen and oxygen atoms in total. The Labute approximate surface area is 529 Å². The summed E-state index contributed by atoms with van der Waals surface area (Å²) in [5, 5.41) is 0. The van der Waals surface area contributed by atoms with Crippen molar-refractivity contribution in [1.29, 1.82) is 0 Å². The van der Waals surface area contributed by atoms with Gasteiger partial charge in [0.05, 0.1) is 5.41 Å². The van der Waals surface area contributed by atoms with Crippen LogP contribution in [0.25, 0.3) is 27.8 Å². The Morgan fingerprint density at radius 1 is 0.278 bits per heavy atom. The molecule has 13 aromatic rings. The fraction of sp³-hybridized carbons (Fsp3) is 0.0233. The summed E-state index contributed by atoms with van der Waals surface area (Å²) in [5.41, 5.74) is 24.3. The van der Waals surface area contributed by atoms with Crippen LogP contribution in [0.2, 0.25) is 0 Å². The van der Waals surface area contributed by atoms with E-state index in [-0.39, 0.29) is 0 Å². The first-order valence-electron chi connectivity index (χ1n) is 30.8. The van der Waals surface area contributed by atoms with Gasteiger partial charge in [0.25, 0.3) is 0 Å². The topological polar surface area (TPSA) is 13.0 Å². The largest absolute Gasteiger partial charge is 0.315 e. The van der Waals surface area contributed by atoms with Gasteiger partial charge in [0.1, 0.15) is 0 Å². The normalized spacial score (nSPS) is 12.3. The SMILES string of the molecule is C=C/C(=C\C=C(/C)N(c1ccccc1)c1ccccc1)c1ccc(N(c2ccccc2)c2ccc(C3(c4ccc(N(c5ccccc5)c5ccc(-c6ccc(N(c7ccccc7)c7ccccc7)cc6)cc5)cc4)c4ccccc4-c4ccccc43)cc2)cc1. The van der Waals surface area contributed by atoms with Gasteiger partial charge >= 0.3 is 0 Å². The molecule has 0 heterocycles. The Morgan fingerprint density at radius 3 is 0.867 bits per heavy atom. The number of anilines is 11. The van der Waals surface area contributed by atoms with Crippen molar-refractivity contribution in [3.05, 3.63) is 410 Å². The third-order valence-electron chi connectivity index (χ3n) is 17.3. The zero-order valence-electron chi connectivity index (χ0n) is 50.2. The van der Waals surface area contributed by atoms with Gasteiger partial charge in [-0.25, -0.2) is 0 Å². The fourth-order valence-electron chi connectivity index (χ4n) is 13.1. The summed E-state index contributed by atoms with van der Waals surface area (Å²) in [6.07, 6.45) is 6.28. The van der Waals surface area contributed by atoms with Crippen molar-refractivity contribution < 1.29 is 0 Å². The molecule has 0 unspecified atom stereocenters. The Balaban J connectivity index is 0.791. The van der Waals surface area contributed by atoms with Gasteiger partial charge in [-0.2, -0.15) is 0 Å². The highest BCUT2D eigenvalue weighted by Crippen LogP contribution is 2.57.